The zero-order valence-corrected chi connectivity index (χ0v) is 8.55. The molecule has 1 N–H and O–H groups in total. The highest BCUT2D eigenvalue weighted by molar-refractivity contribution is 7.71. The molecule has 0 bridgehead atoms. The fourth-order valence-corrected chi connectivity index (χ4v) is 1.70. The minimum atomic E-state index is 0.723. The van der Waals surface area contributed by atoms with Crippen molar-refractivity contribution in [3.05, 3.63) is 35.8 Å². The predicted molar refractivity (Wildman–Crippen MR) is 59.7 cm³/mol. The third-order valence-electron chi connectivity index (χ3n) is 2.09. The van der Waals surface area contributed by atoms with Gasteiger partial charge in [0, 0.05) is 12.7 Å². The molecule has 2 rings (SSSR count). The maximum absolute atomic E-state index is 5.20. The highest BCUT2D eigenvalue weighted by atomic mass is 32.1. The van der Waals surface area contributed by atoms with E-state index in [-0.39, 0.29) is 0 Å². The summed E-state index contributed by atoms with van der Waals surface area (Å²) < 4.78 is 2.72. The number of aromatic nitrogens is 3. The van der Waals surface area contributed by atoms with Crippen molar-refractivity contribution in [3.8, 4) is 0 Å². The number of fused-ring (bicyclic) bond motifs is 1. The lowest BCUT2D eigenvalue weighted by Gasteiger charge is -1.99. The minimum Gasteiger partial charge on any atom is -0.329 e. The first-order valence-corrected chi connectivity index (χ1v) is 4.88. The number of imidazole rings is 1. The molecule has 0 radical (unpaired) electrons. The molecular weight excluding hydrogens is 194 g/mol. The molecule has 0 saturated heterocycles. The number of H-pyrrole nitrogens is 1. The molecule has 14 heavy (non-hydrogen) atoms. The lowest BCUT2D eigenvalue weighted by molar-refractivity contribution is 0.714. The van der Waals surface area contributed by atoms with Gasteiger partial charge >= 0.3 is 0 Å². The minimum absolute atomic E-state index is 0.723. The third kappa shape index (κ3) is 1.48. The Kier molecular flexibility index (Phi) is 2.45. The Balaban J connectivity index is 2.56. The Bertz CT molecular complexity index is 509. The van der Waals surface area contributed by atoms with Crippen LogP contribution in [-0.4, -0.2) is 14.5 Å². The summed E-state index contributed by atoms with van der Waals surface area (Å²) in [6, 6.07) is 3.87. The average Bonchev–Trinajstić information content (AvgIpc) is 2.51. The molecule has 4 heteroatoms. The van der Waals surface area contributed by atoms with Crippen LogP contribution in [0.3, 0.4) is 0 Å². The first-order chi connectivity index (χ1) is 6.83. The fraction of sp³-hybridized carbons (Fsp3) is 0.200. The third-order valence-corrected chi connectivity index (χ3v) is 2.41. The molecule has 2 aromatic heterocycles. The van der Waals surface area contributed by atoms with Gasteiger partial charge in [0.25, 0.3) is 0 Å². The summed E-state index contributed by atoms with van der Waals surface area (Å²) in [5.74, 6) is 0. The van der Waals surface area contributed by atoms with Crippen LogP contribution in [0.5, 0.6) is 0 Å². The number of aryl methyl sites for hydroxylation is 1. The Labute approximate surface area is 87.1 Å². The Morgan fingerprint density at radius 3 is 3.29 bits per heavy atom. The molecule has 0 aliphatic carbocycles. The lowest BCUT2D eigenvalue weighted by atomic mass is 10.4. The van der Waals surface area contributed by atoms with E-state index in [9.17, 15) is 0 Å². The predicted octanol–water partition coefficient (Wildman–Crippen LogP) is 2.67. The van der Waals surface area contributed by atoms with Gasteiger partial charge in [0.2, 0.25) is 0 Å². The van der Waals surface area contributed by atoms with E-state index in [4.69, 9.17) is 12.2 Å². The number of nitrogens with one attached hydrogen (secondary N) is 1. The highest BCUT2D eigenvalue weighted by Crippen LogP contribution is 2.10. The molecule has 0 aromatic carbocycles. The second kappa shape index (κ2) is 3.75. The number of rotatable bonds is 3. The summed E-state index contributed by atoms with van der Waals surface area (Å²) in [6.07, 6.45) is 4.55. The van der Waals surface area contributed by atoms with Gasteiger partial charge in [0.15, 0.2) is 10.4 Å². The number of pyridine rings is 1. The highest BCUT2D eigenvalue weighted by Gasteiger charge is 2.02. The number of allylic oxidation sites excluding steroid dienone is 1. The van der Waals surface area contributed by atoms with Gasteiger partial charge < -0.3 is 9.55 Å². The normalized spacial score (nSPS) is 10.6. The Morgan fingerprint density at radius 1 is 1.64 bits per heavy atom. The summed E-state index contributed by atoms with van der Waals surface area (Å²) in [5, 5.41) is 0. The van der Waals surface area contributed by atoms with E-state index in [0.29, 0.717) is 0 Å². The standard InChI is InChI=1S/C10H11N3S/c1-2-3-7-13-9-8(12-10(13)14)5-4-6-11-9/h2,4-6H,1,3,7H2,(H,12,14). The van der Waals surface area contributed by atoms with Crippen molar-refractivity contribution in [1.82, 2.24) is 14.5 Å². The van der Waals surface area contributed by atoms with Crippen molar-refractivity contribution in [2.75, 3.05) is 0 Å². The van der Waals surface area contributed by atoms with Crippen molar-refractivity contribution in [1.29, 1.82) is 0 Å². The molecule has 3 nitrogen and oxygen atoms in total. The molecule has 0 unspecified atom stereocenters. The molecule has 0 amide bonds. The largest absolute Gasteiger partial charge is 0.329 e. The smallest absolute Gasteiger partial charge is 0.179 e. The van der Waals surface area contributed by atoms with Crippen LogP contribution in [0, 0.1) is 4.77 Å². The summed E-state index contributed by atoms with van der Waals surface area (Å²) >= 11 is 5.20. The van der Waals surface area contributed by atoms with Gasteiger partial charge in [0.05, 0.1) is 5.52 Å². The van der Waals surface area contributed by atoms with Gasteiger partial charge in [-0.1, -0.05) is 6.08 Å². The van der Waals surface area contributed by atoms with Crippen LogP contribution in [0.2, 0.25) is 0 Å². The maximum Gasteiger partial charge on any atom is 0.179 e. The van der Waals surface area contributed by atoms with Crippen LogP contribution in [0.25, 0.3) is 11.2 Å². The van der Waals surface area contributed by atoms with E-state index < -0.39 is 0 Å². The summed E-state index contributed by atoms with van der Waals surface area (Å²) in [5.41, 5.74) is 1.90. The quantitative estimate of drug-likeness (QED) is 0.617. The van der Waals surface area contributed by atoms with Crippen LogP contribution in [0.1, 0.15) is 6.42 Å². The zero-order valence-electron chi connectivity index (χ0n) is 7.73. The van der Waals surface area contributed by atoms with E-state index in [1.54, 1.807) is 6.20 Å². The Hall–Kier alpha value is -1.42. The second-order valence-corrected chi connectivity index (χ2v) is 3.42. The van der Waals surface area contributed by atoms with Crippen molar-refractivity contribution in [2.24, 2.45) is 0 Å². The zero-order chi connectivity index (χ0) is 9.97. The topological polar surface area (TPSA) is 33.6 Å². The van der Waals surface area contributed by atoms with Gasteiger partial charge in [-0.05, 0) is 30.8 Å². The molecule has 0 saturated carbocycles. The van der Waals surface area contributed by atoms with Crippen LogP contribution >= 0.6 is 12.2 Å². The summed E-state index contributed by atoms with van der Waals surface area (Å²) in [4.78, 5) is 7.40. The summed E-state index contributed by atoms with van der Waals surface area (Å²) in [6.45, 7) is 4.52. The van der Waals surface area contributed by atoms with E-state index in [1.807, 2.05) is 22.8 Å². The van der Waals surface area contributed by atoms with Crippen molar-refractivity contribution < 1.29 is 0 Å². The van der Waals surface area contributed by atoms with Crippen LogP contribution in [-0.2, 0) is 6.54 Å². The van der Waals surface area contributed by atoms with E-state index in [2.05, 4.69) is 16.5 Å². The molecule has 2 heterocycles. The molecule has 0 aliphatic rings. The fourth-order valence-electron chi connectivity index (χ4n) is 1.42. The molecule has 2 aromatic rings. The van der Waals surface area contributed by atoms with Crippen LogP contribution in [0.15, 0.2) is 31.0 Å². The van der Waals surface area contributed by atoms with Gasteiger partial charge in [-0.3, -0.25) is 0 Å². The van der Waals surface area contributed by atoms with E-state index in [0.717, 1.165) is 28.9 Å². The van der Waals surface area contributed by atoms with Crippen LogP contribution in [0.4, 0.5) is 0 Å². The number of hydrogen-bond donors (Lipinski definition) is 1. The molecule has 0 fully saturated rings. The monoisotopic (exact) mass is 205 g/mol. The molecule has 0 aliphatic heterocycles. The van der Waals surface area contributed by atoms with Crippen molar-refractivity contribution >= 4 is 23.4 Å². The van der Waals surface area contributed by atoms with Crippen molar-refractivity contribution in [2.45, 2.75) is 13.0 Å². The van der Waals surface area contributed by atoms with Gasteiger partial charge in [-0.15, -0.1) is 6.58 Å². The molecule has 72 valence electrons. The summed E-state index contributed by atoms with van der Waals surface area (Å²) in [7, 11) is 0. The number of hydrogen-bond acceptors (Lipinski definition) is 2. The first kappa shape index (κ1) is 9.15. The van der Waals surface area contributed by atoms with Gasteiger partial charge in [-0.2, -0.15) is 0 Å². The average molecular weight is 205 g/mol. The van der Waals surface area contributed by atoms with Crippen molar-refractivity contribution in [3.63, 3.8) is 0 Å². The lowest BCUT2D eigenvalue weighted by Crippen LogP contribution is -1.97. The number of nitrogens with zero attached hydrogens (tertiary/aromatic N) is 2. The van der Waals surface area contributed by atoms with Gasteiger partial charge in [-0.25, -0.2) is 4.98 Å². The SMILES string of the molecule is C=CCCn1c(=S)[nH]c2cccnc21. The second-order valence-electron chi connectivity index (χ2n) is 3.03. The Morgan fingerprint density at radius 2 is 2.50 bits per heavy atom. The molecule has 0 spiro atoms. The molecule has 0 atom stereocenters. The van der Waals surface area contributed by atoms with E-state index in [1.165, 1.54) is 0 Å². The van der Waals surface area contributed by atoms with E-state index >= 15 is 0 Å². The molecular formula is C10H11N3S. The van der Waals surface area contributed by atoms with Crippen LogP contribution < -0.4 is 0 Å². The van der Waals surface area contributed by atoms with Gasteiger partial charge in [0.1, 0.15) is 0 Å². The first-order valence-electron chi connectivity index (χ1n) is 4.47. The number of aromatic amines is 1. The maximum atomic E-state index is 5.20.